The Morgan fingerprint density at radius 1 is 1.73 bits per heavy atom. The third-order valence-electron chi connectivity index (χ3n) is 1.44. The first-order valence-corrected chi connectivity index (χ1v) is 5.89. The van der Waals surface area contributed by atoms with Crippen LogP contribution in [0.3, 0.4) is 0 Å². The molecule has 0 N–H and O–H groups in total. The summed E-state index contributed by atoms with van der Waals surface area (Å²) >= 11 is 0. The van der Waals surface area contributed by atoms with Crippen molar-refractivity contribution in [1.29, 1.82) is 0 Å². The lowest BCUT2D eigenvalue weighted by Crippen LogP contribution is -2.27. The Balaban J connectivity index is 2.71. The lowest BCUT2D eigenvalue weighted by atomic mass is 10.1. The summed E-state index contributed by atoms with van der Waals surface area (Å²) in [6, 6.07) is 0. The Morgan fingerprint density at radius 2 is 2.36 bits per heavy atom. The first kappa shape index (κ1) is 8.91. The Hall–Kier alpha value is -0.180. The molecule has 0 saturated carbocycles. The standard InChI is InChI=1S/C6H8O3S2/c1-3-6-4-9-11(7,8)10-5(6)2/h1,5-6H,4H2,2H3. The lowest BCUT2D eigenvalue weighted by molar-refractivity contribution is 0.285. The predicted molar refractivity (Wildman–Crippen MR) is 44.2 cm³/mol. The van der Waals surface area contributed by atoms with E-state index in [9.17, 15) is 8.42 Å². The fourth-order valence-electron chi connectivity index (χ4n) is 0.756. The molecule has 0 aromatic rings. The zero-order chi connectivity index (χ0) is 8.48. The van der Waals surface area contributed by atoms with Gasteiger partial charge >= 0.3 is 9.15 Å². The van der Waals surface area contributed by atoms with E-state index < -0.39 is 9.15 Å². The van der Waals surface area contributed by atoms with E-state index in [0.717, 1.165) is 10.8 Å². The van der Waals surface area contributed by atoms with Crippen LogP contribution in [0.4, 0.5) is 0 Å². The number of terminal acetylenes is 1. The molecule has 1 aliphatic rings. The largest absolute Gasteiger partial charge is 0.322 e. The van der Waals surface area contributed by atoms with Crippen molar-refractivity contribution in [2.24, 2.45) is 5.92 Å². The highest BCUT2D eigenvalue weighted by Gasteiger charge is 2.30. The maximum absolute atomic E-state index is 10.8. The van der Waals surface area contributed by atoms with Gasteiger partial charge < -0.3 is 0 Å². The molecule has 0 aromatic heterocycles. The summed E-state index contributed by atoms with van der Waals surface area (Å²) in [4.78, 5) is 0. The molecule has 1 saturated heterocycles. The average Bonchev–Trinajstić information content (AvgIpc) is 1.86. The number of hydrogen-bond donors (Lipinski definition) is 0. The Morgan fingerprint density at radius 3 is 2.82 bits per heavy atom. The fraction of sp³-hybridized carbons (Fsp3) is 0.667. The molecule has 1 heterocycles. The SMILES string of the molecule is C#CC1COS(=O)(=O)SC1C. The topological polar surface area (TPSA) is 43.4 Å². The van der Waals surface area contributed by atoms with E-state index in [1.807, 2.05) is 0 Å². The van der Waals surface area contributed by atoms with Crippen LogP contribution in [0.2, 0.25) is 0 Å². The van der Waals surface area contributed by atoms with Gasteiger partial charge in [0.2, 0.25) is 0 Å². The molecule has 0 radical (unpaired) electrons. The second-order valence-electron chi connectivity index (χ2n) is 2.27. The van der Waals surface area contributed by atoms with E-state index in [1.54, 1.807) is 6.92 Å². The van der Waals surface area contributed by atoms with Crippen LogP contribution in [0.5, 0.6) is 0 Å². The van der Waals surface area contributed by atoms with Crippen molar-refractivity contribution in [2.75, 3.05) is 6.61 Å². The van der Waals surface area contributed by atoms with Crippen LogP contribution in [-0.2, 0) is 13.3 Å². The summed E-state index contributed by atoms with van der Waals surface area (Å²) in [7, 11) is -2.57. The van der Waals surface area contributed by atoms with Crippen molar-refractivity contribution in [3.8, 4) is 12.3 Å². The summed E-state index contributed by atoms with van der Waals surface area (Å²) in [5, 5.41) is -0.0706. The highest BCUT2D eigenvalue weighted by Crippen LogP contribution is 2.31. The molecule has 11 heavy (non-hydrogen) atoms. The molecule has 0 amide bonds. The molecule has 2 unspecified atom stereocenters. The molecule has 3 nitrogen and oxygen atoms in total. The van der Waals surface area contributed by atoms with E-state index >= 15 is 0 Å². The predicted octanol–water partition coefficient (Wildman–Crippen LogP) is 0.633. The smallest absolute Gasteiger partial charge is 0.260 e. The van der Waals surface area contributed by atoms with Gasteiger partial charge in [0.05, 0.1) is 12.5 Å². The van der Waals surface area contributed by atoms with Gasteiger partial charge in [-0.15, -0.1) is 6.42 Å². The summed E-state index contributed by atoms with van der Waals surface area (Å²) in [5.41, 5.74) is 0. The van der Waals surface area contributed by atoms with Gasteiger partial charge in [0.1, 0.15) is 0 Å². The molecule has 5 heteroatoms. The average molecular weight is 192 g/mol. The molecule has 0 bridgehead atoms. The first-order valence-electron chi connectivity index (χ1n) is 3.09. The Kier molecular flexibility index (Phi) is 2.47. The molecular formula is C6H8O3S2. The van der Waals surface area contributed by atoms with Crippen LogP contribution in [-0.4, -0.2) is 20.3 Å². The molecule has 62 valence electrons. The highest BCUT2D eigenvalue weighted by atomic mass is 33.1. The third kappa shape index (κ3) is 2.12. The molecule has 1 rings (SSSR count). The molecule has 1 aliphatic heterocycles. The molecule has 2 atom stereocenters. The van der Waals surface area contributed by atoms with Crippen molar-refractivity contribution in [3.05, 3.63) is 0 Å². The second-order valence-corrected chi connectivity index (χ2v) is 6.06. The summed E-state index contributed by atoms with van der Waals surface area (Å²) in [5.74, 6) is 2.39. The quantitative estimate of drug-likeness (QED) is 0.417. The van der Waals surface area contributed by atoms with Crippen molar-refractivity contribution >= 4 is 19.9 Å². The van der Waals surface area contributed by atoms with Crippen LogP contribution in [0.1, 0.15) is 6.92 Å². The third-order valence-corrected chi connectivity index (χ3v) is 4.64. The summed E-state index contributed by atoms with van der Waals surface area (Å²) in [6.07, 6.45) is 5.14. The van der Waals surface area contributed by atoms with Crippen LogP contribution in [0, 0.1) is 18.3 Å². The molecule has 0 aliphatic carbocycles. The zero-order valence-corrected chi connectivity index (χ0v) is 7.61. The zero-order valence-electron chi connectivity index (χ0n) is 5.98. The Bertz CT molecular complexity index is 275. The minimum Gasteiger partial charge on any atom is -0.260 e. The molecule has 0 aromatic carbocycles. The molecule has 1 fully saturated rings. The van der Waals surface area contributed by atoms with E-state index in [4.69, 9.17) is 6.42 Å². The van der Waals surface area contributed by atoms with Gasteiger partial charge in [0.25, 0.3) is 0 Å². The van der Waals surface area contributed by atoms with Gasteiger partial charge in [-0.1, -0.05) is 12.8 Å². The van der Waals surface area contributed by atoms with Crippen LogP contribution in [0.25, 0.3) is 0 Å². The fourth-order valence-corrected chi connectivity index (χ4v) is 3.64. The van der Waals surface area contributed by atoms with E-state index in [1.165, 1.54) is 0 Å². The van der Waals surface area contributed by atoms with E-state index in [0.29, 0.717) is 0 Å². The maximum Gasteiger partial charge on any atom is 0.322 e. The van der Waals surface area contributed by atoms with Crippen molar-refractivity contribution in [2.45, 2.75) is 12.2 Å². The van der Waals surface area contributed by atoms with Gasteiger partial charge in [-0.2, -0.15) is 8.42 Å². The van der Waals surface area contributed by atoms with Crippen molar-refractivity contribution in [1.82, 2.24) is 0 Å². The summed E-state index contributed by atoms with van der Waals surface area (Å²) < 4.78 is 26.1. The van der Waals surface area contributed by atoms with Crippen molar-refractivity contribution in [3.63, 3.8) is 0 Å². The normalized spacial score (nSPS) is 36.0. The number of hydrogen-bond acceptors (Lipinski definition) is 4. The van der Waals surface area contributed by atoms with Gasteiger partial charge in [-0.05, 0) is 0 Å². The number of rotatable bonds is 0. The van der Waals surface area contributed by atoms with Crippen LogP contribution >= 0.6 is 10.8 Å². The van der Waals surface area contributed by atoms with Crippen LogP contribution in [0.15, 0.2) is 0 Å². The summed E-state index contributed by atoms with van der Waals surface area (Å²) in [6.45, 7) is 1.91. The van der Waals surface area contributed by atoms with Crippen molar-refractivity contribution < 1.29 is 12.6 Å². The first-order chi connectivity index (χ1) is 5.05. The van der Waals surface area contributed by atoms with Gasteiger partial charge in [0.15, 0.2) is 0 Å². The van der Waals surface area contributed by atoms with Crippen LogP contribution < -0.4 is 0 Å². The second kappa shape index (κ2) is 3.05. The lowest BCUT2D eigenvalue weighted by Gasteiger charge is -2.22. The van der Waals surface area contributed by atoms with Gasteiger partial charge in [0, 0.05) is 16.0 Å². The van der Waals surface area contributed by atoms with E-state index in [2.05, 4.69) is 10.1 Å². The maximum atomic E-state index is 10.8. The molecule has 0 spiro atoms. The molecular weight excluding hydrogens is 184 g/mol. The van der Waals surface area contributed by atoms with E-state index in [-0.39, 0.29) is 17.8 Å². The minimum absolute atomic E-state index is 0.0706. The highest BCUT2D eigenvalue weighted by molar-refractivity contribution is 8.70. The minimum atomic E-state index is -3.35. The Labute approximate surface area is 70.0 Å². The monoisotopic (exact) mass is 192 g/mol. The van der Waals surface area contributed by atoms with Gasteiger partial charge in [-0.25, -0.2) is 0 Å². The van der Waals surface area contributed by atoms with Gasteiger partial charge in [-0.3, -0.25) is 4.18 Å².